The maximum absolute atomic E-state index is 13.3. The van der Waals surface area contributed by atoms with Gasteiger partial charge in [0.2, 0.25) is 0 Å². The van der Waals surface area contributed by atoms with Crippen LogP contribution in [-0.4, -0.2) is 70.1 Å². The van der Waals surface area contributed by atoms with Crippen LogP contribution in [0.4, 0.5) is 0 Å². The van der Waals surface area contributed by atoms with E-state index in [1.165, 1.54) is 5.56 Å². The van der Waals surface area contributed by atoms with Crippen LogP contribution in [0.2, 0.25) is 0 Å². The van der Waals surface area contributed by atoms with Crippen molar-refractivity contribution in [2.24, 2.45) is 7.05 Å². The van der Waals surface area contributed by atoms with E-state index in [1.807, 2.05) is 41.0 Å². The summed E-state index contributed by atoms with van der Waals surface area (Å²) in [6.45, 7) is 5.25. The number of hydrogen-bond acceptors (Lipinski definition) is 5. The zero-order valence-electron chi connectivity index (χ0n) is 17.1. The van der Waals surface area contributed by atoms with E-state index in [0.29, 0.717) is 6.10 Å². The molecular formula is C22H30N4O2S. The Kier molecular flexibility index (Phi) is 6.90. The van der Waals surface area contributed by atoms with Crippen molar-refractivity contribution in [3.63, 3.8) is 0 Å². The summed E-state index contributed by atoms with van der Waals surface area (Å²) in [5.74, 6) is 1.08. The minimum atomic E-state index is 0.156. The molecule has 0 N–H and O–H groups in total. The first kappa shape index (κ1) is 20.4. The molecule has 0 aliphatic carbocycles. The van der Waals surface area contributed by atoms with Gasteiger partial charge in [-0.2, -0.15) is 5.10 Å². The van der Waals surface area contributed by atoms with Crippen LogP contribution < -0.4 is 0 Å². The van der Waals surface area contributed by atoms with Gasteiger partial charge in [0.25, 0.3) is 5.91 Å². The Labute approximate surface area is 177 Å². The van der Waals surface area contributed by atoms with Gasteiger partial charge in [-0.1, -0.05) is 12.1 Å². The first-order valence-corrected chi connectivity index (χ1v) is 11.5. The number of carbonyl (C=O) groups is 1. The van der Waals surface area contributed by atoms with E-state index < -0.39 is 0 Å². The summed E-state index contributed by atoms with van der Waals surface area (Å²) >= 11 is 1.75. The van der Waals surface area contributed by atoms with Crippen molar-refractivity contribution in [2.45, 2.75) is 36.8 Å². The molecule has 2 fully saturated rings. The van der Waals surface area contributed by atoms with E-state index in [-0.39, 0.29) is 5.91 Å². The molecule has 2 aliphatic rings. The van der Waals surface area contributed by atoms with Crippen molar-refractivity contribution >= 4 is 17.7 Å². The molecule has 4 rings (SSSR count). The molecule has 1 atom stereocenters. The van der Waals surface area contributed by atoms with Crippen molar-refractivity contribution in [1.29, 1.82) is 0 Å². The molecule has 0 bridgehead atoms. The Hall–Kier alpha value is -1.83. The maximum Gasteiger partial charge on any atom is 0.255 e. The maximum atomic E-state index is 13.3. The van der Waals surface area contributed by atoms with Gasteiger partial charge in [-0.25, -0.2) is 0 Å². The monoisotopic (exact) mass is 414 g/mol. The van der Waals surface area contributed by atoms with Gasteiger partial charge >= 0.3 is 0 Å². The van der Waals surface area contributed by atoms with Crippen LogP contribution in [0.15, 0.2) is 41.6 Å². The number of amides is 1. The van der Waals surface area contributed by atoms with Crippen LogP contribution in [0, 0.1) is 0 Å². The highest BCUT2D eigenvalue weighted by molar-refractivity contribution is 7.99. The molecule has 29 heavy (non-hydrogen) atoms. The fourth-order valence-electron chi connectivity index (χ4n) is 4.04. The zero-order valence-corrected chi connectivity index (χ0v) is 17.9. The van der Waals surface area contributed by atoms with Gasteiger partial charge in [0, 0.05) is 68.8 Å². The van der Waals surface area contributed by atoms with Crippen LogP contribution in [0.5, 0.6) is 0 Å². The summed E-state index contributed by atoms with van der Waals surface area (Å²) in [4.78, 5) is 18.8. The quantitative estimate of drug-likeness (QED) is 0.680. The molecule has 2 saturated heterocycles. The van der Waals surface area contributed by atoms with Gasteiger partial charge in [0.1, 0.15) is 0 Å². The molecule has 0 spiro atoms. The third kappa shape index (κ3) is 5.41. The van der Waals surface area contributed by atoms with E-state index in [1.54, 1.807) is 11.8 Å². The minimum Gasteiger partial charge on any atom is -0.377 e. The second-order valence-electron chi connectivity index (χ2n) is 7.89. The Morgan fingerprint density at radius 2 is 2.10 bits per heavy atom. The van der Waals surface area contributed by atoms with E-state index in [4.69, 9.17) is 4.74 Å². The van der Waals surface area contributed by atoms with Crippen molar-refractivity contribution < 1.29 is 9.53 Å². The Morgan fingerprint density at radius 1 is 1.21 bits per heavy atom. The lowest BCUT2D eigenvalue weighted by Gasteiger charge is -2.23. The van der Waals surface area contributed by atoms with Gasteiger partial charge in [-0.15, -0.1) is 11.8 Å². The summed E-state index contributed by atoms with van der Waals surface area (Å²) in [5, 5.41) is 4.26. The predicted molar refractivity (Wildman–Crippen MR) is 115 cm³/mol. The average molecular weight is 415 g/mol. The van der Waals surface area contributed by atoms with E-state index in [9.17, 15) is 4.79 Å². The minimum absolute atomic E-state index is 0.156. The largest absolute Gasteiger partial charge is 0.377 e. The molecular weight excluding hydrogens is 384 g/mol. The second kappa shape index (κ2) is 9.78. The van der Waals surface area contributed by atoms with Crippen LogP contribution in [-0.2, 0) is 18.3 Å². The lowest BCUT2D eigenvalue weighted by molar-refractivity contribution is 0.0757. The van der Waals surface area contributed by atoms with Crippen LogP contribution in [0.3, 0.4) is 0 Å². The smallest absolute Gasteiger partial charge is 0.255 e. The summed E-state index contributed by atoms with van der Waals surface area (Å²) in [6.07, 6.45) is 7.58. The number of benzene rings is 1. The fraction of sp³-hybridized carbons (Fsp3) is 0.545. The zero-order chi connectivity index (χ0) is 20.1. The van der Waals surface area contributed by atoms with Gasteiger partial charge < -0.3 is 9.64 Å². The Balaban J connectivity index is 1.36. The third-order valence-electron chi connectivity index (χ3n) is 5.61. The molecule has 2 aliphatic heterocycles. The number of thioether (sulfide) groups is 1. The van der Waals surface area contributed by atoms with Crippen LogP contribution in [0.25, 0.3) is 0 Å². The summed E-state index contributed by atoms with van der Waals surface area (Å²) < 4.78 is 7.58. The van der Waals surface area contributed by atoms with Crippen molar-refractivity contribution in [1.82, 2.24) is 19.6 Å². The molecule has 7 heteroatoms. The highest BCUT2D eigenvalue weighted by atomic mass is 32.2. The normalized spacial score (nSPS) is 20.7. The molecule has 1 aromatic heterocycles. The number of aryl methyl sites for hydroxylation is 1. The average Bonchev–Trinajstić information content (AvgIpc) is 3.34. The first-order chi connectivity index (χ1) is 14.2. The van der Waals surface area contributed by atoms with E-state index >= 15 is 0 Å². The van der Waals surface area contributed by atoms with Crippen LogP contribution in [0.1, 0.15) is 35.2 Å². The van der Waals surface area contributed by atoms with Crippen molar-refractivity contribution in [3.8, 4) is 0 Å². The Bertz CT molecular complexity index is 819. The van der Waals surface area contributed by atoms with Gasteiger partial charge in [0.15, 0.2) is 0 Å². The fourth-order valence-corrected chi connectivity index (χ4v) is 5.16. The molecule has 156 valence electrons. The molecule has 0 radical (unpaired) electrons. The van der Waals surface area contributed by atoms with Crippen LogP contribution >= 0.6 is 11.8 Å². The molecule has 6 nitrogen and oxygen atoms in total. The van der Waals surface area contributed by atoms with Crippen molar-refractivity contribution in [2.75, 3.05) is 38.5 Å². The van der Waals surface area contributed by atoms with Crippen molar-refractivity contribution in [3.05, 3.63) is 47.8 Å². The van der Waals surface area contributed by atoms with E-state index in [0.717, 1.165) is 74.8 Å². The SMILES string of the molecule is Cn1cc(CN2CCCN(C(=O)c3ccccc3SCC3CCCO3)CC2)cn1. The lowest BCUT2D eigenvalue weighted by atomic mass is 10.2. The summed E-state index contributed by atoms with van der Waals surface area (Å²) in [5.41, 5.74) is 2.05. The summed E-state index contributed by atoms with van der Waals surface area (Å²) in [6, 6.07) is 8.03. The number of aromatic nitrogens is 2. The van der Waals surface area contributed by atoms with Gasteiger partial charge in [-0.05, 0) is 31.4 Å². The standard InChI is InChI=1S/C22H30N4O2S/c1-24-15-18(14-23-24)16-25-9-5-10-26(12-11-25)22(27)20-7-2-3-8-21(20)29-17-19-6-4-13-28-19/h2-3,7-8,14-15,19H,4-6,9-13,16-17H2,1H3. The molecule has 1 unspecified atom stereocenters. The second-order valence-corrected chi connectivity index (χ2v) is 8.95. The lowest BCUT2D eigenvalue weighted by Crippen LogP contribution is -2.35. The molecule has 2 aromatic rings. The number of rotatable bonds is 6. The molecule has 0 saturated carbocycles. The van der Waals surface area contributed by atoms with Gasteiger partial charge in [-0.3, -0.25) is 14.4 Å². The summed E-state index contributed by atoms with van der Waals surface area (Å²) in [7, 11) is 1.95. The predicted octanol–water partition coefficient (Wildman–Crippen LogP) is 3.04. The highest BCUT2D eigenvalue weighted by Gasteiger charge is 2.23. The van der Waals surface area contributed by atoms with E-state index in [2.05, 4.69) is 22.3 Å². The number of nitrogens with zero attached hydrogens (tertiary/aromatic N) is 4. The molecule has 1 aromatic carbocycles. The molecule has 1 amide bonds. The number of ether oxygens (including phenoxy) is 1. The Morgan fingerprint density at radius 3 is 2.90 bits per heavy atom. The highest BCUT2D eigenvalue weighted by Crippen LogP contribution is 2.28. The topological polar surface area (TPSA) is 50.6 Å². The third-order valence-corrected chi connectivity index (χ3v) is 6.81. The first-order valence-electron chi connectivity index (χ1n) is 10.5. The molecule has 3 heterocycles. The number of hydrogen-bond donors (Lipinski definition) is 0. The van der Waals surface area contributed by atoms with Gasteiger partial charge in [0.05, 0.1) is 17.9 Å². The number of carbonyl (C=O) groups excluding carboxylic acids is 1.